The van der Waals surface area contributed by atoms with Crippen LogP contribution in [0.2, 0.25) is 0 Å². The number of unbranched alkanes of at least 4 members (excludes halogenated alkanes) is 1. The van der Waals surface area contributed by atoms with Crippen LogP contribution in [0.3, 0.4) is 0 Å². The highest BCUT2D eigenvalue weighted by Crippen LogP contribution is 2.37. The van der Waals surface area contributed by atoms with Gasteiger partial charge in [0, 0.05) is 6.20 Å². The van der Waals surface area contributed by atoms with Crippen molar-refractivity contribution < 1.29 is 0 Å². The number of aryl methyl sites for hydroxylation is 1. The number of nitrogens with one attached hydrogen (secondary N) is 1. The molecular formula is C22H30ClN5. The van der Waals surface area contributed by atoms with E-state index in [4.69, 9.17) is 15.7 Å². The van der Waals surface area contributed by atoms with Crippen molar-refractivity contribution in [3.63, 3.8) is 0 Å². The molecule has 2 atom stereocenters. The van der Waals surface area contributed by atoms with Crippen molar-refractivity contribution in [3.8, 4) is 0 Å². The zero-order valence-corrected chi connectivity index (χ0v) is 17.3. The number of pyridine rings is 1. The highest BCUT2D eigenvalue weighted by molar-refractivity contribution is 5.85. The second-order valence-electron chi connectivity index (χ2n) is 7.50. The predicted octanol–water partition coefficient (Wildman–Crippen LogP) is 4.56. The van der Waals surface area contributed by atoms with Gasteiger partial charge in [0.15, 0.2) is 0 Å². The van der Waals surface area contributed by atoms with Crippen LogP contribution in [0.5, 0.6) is 0 Å². The topological polar surface area (TPSA) is 70.8 Å². The Morgan fingerprint density at radius 2 is 2.07 bits per heavy atom. The molecule has 4 rings (SSSR count). The third kappa shape index (κ3) is 4.22. The largest absolute Gasteiger partial charge is 0.341 e. The lowest BCUT2D eigenvalue weighted by molar-refractivity contribution is 0.118. The van der Waals surface area contributed by atoms with Crippen molar-refractivity contribution in [1.82, 2.24) is 19.9 Å². The number of nitrogens with two attached hydrogens (primary N) is 1. The van der Waals surface area contributed by atoms with E-state index in [-0.39, 0.29) is 18.4 Å². The number of hydrogen-bond acceptors (Lipinski definition) is 4. The van der Waals surface area contributed by atoms with Crippen LogP contribution in [-0.2, 0) is 6.42 Å². The lowest BCUT2D eigenvalue weighted by atomic mass is 9.90. The summed E-state index contributed by atoms with van der Waals surface area (Å²) in [5, 5.41) is 0. The summed E-state index contributed by atoms with van der Waals surface area (Å²) >= 11 is 0. The number of benzene rings is 1. The van der Waals surface area contributed by atoms with Gasteiger partial charge in [-0.15, -0.1) is 12.4 Å². The van der Waals surface area contributed by atoms with E-state index in [1.54, 1.807) is 0 Å². The van der Waals surface area contributed by atoms with Crippen LogP contribution in [0.15, 0.2) is 42.6 Å². The number of hydrogen-bond donors (Lipinski definition) is 2. The number of aromatic amines is 1. The summed E-state index contributed by atoms with van der Waals surface area (Å²) in [4.78, 5) is 15.8. The zero-order valence-electron chi connectivity index (χ0n) is 16.5. The van der Waals surface area contributed by atoms with Gasteiger partial charge in [0.2, 0.25) is 0 Å². The lowest BCUT2D eigenvalue weighted by Crippen LogP contribution is -2.35. The van der Waals surface area contributed by atoms with Crippen LogP contribution in [0.1, 0.15) is 61.8 Å². The van der Waals surface area contributed by atoms with Gasteiger partial charge in [0.25, 0.3) is 0 Å². The Kier molecular flexibility index (Phi) is 7.05. The van der Waals surface area contributed by atoms with Gasteiger partial charge in [-0.3, -0.25) is 9.88 Å². The minimum absolute atomic E-state index is 0. The predicted molar refractivity (Wildman–Crippen MR) is 117 cm³/mol. The van der Waals surface area contributed by atoms with Gasteiger partial charge in [0.1, 0.15) is 5.82 Å². The Bertz CT molecular complexity index is 860. The standard InChI is InChI=1S/C22H29N5.ClH/c1-16(22-25-18-10-2-3-11-19(18)26-22)27(15-5-4-13-23)20-12-6-8-17-9-7-14-24-21(17)20;/h2-3,7,9-11,14,16,20H,4-6,8,12-13,15,23H2,1H3,(H,25,26);1H/t16-,20?;/m0./s1. The van der Waals surface area contributed by atoms with Crippen LogP contribution >= 0.6 is 12.4 Å². The summed E-state index contributed by atoms with van der Waals surface area (Å²) in [6, 6.07) is 13.1. The molecule has 0 amide bonds. The van der Waals surface area contributed by atoms with Crippen LogP contribution in [-0.4, -0.2) is 32.9 Å². The van der Waals surface area contributed by atoms with Crippen molar-refractivity contribution in [2.75, 3.05) is 13.1 Å². The Balaban J connectivity index is 0.00000225. The molecule has 3 aromatic rings. The molecule has 2 aromatic heterocycles. The van der Waals surface area contributed by atoms with Gasteiger partial charge in [-0.1, -0.05) is 18.2 Å². The number of H-pyrrole nitrogens is 1. The quantitative estimate of drug-likeness (QED) is 0.571. The zero-order chi connectivity index (χ0) is 18.6. The number of aromatic nitrogens is 3. The van der Waals surface area contributed by atoms with E-state index in [2.05, 4.69) is 47.1 Å². The minimum Gasteiger partial charge on any atom is -0.341 e. The molecule has 28 heavy (non-hydrogen) atoms. The molecule has 1 aliphatic carbocycles. The first-order valence-corrected chi connectivity index (χ1v) is 10.1. The minimum atomic E-state index is 0. The van der Waals surface area contributed by atoms with Crippen LogP contribution in [0, 0.1) is 0 Å². The average Bonchev–Trinajstić information content (AvgIpc) is 3.15. The molecule has 1 aromatic carbocycles. The molecule has 0 spiro atoms. The van der Waals surface area contributed by atoms with E-state index < -0.39 is 0 Å². The Morgan fingerprint density at radius 3 is 2.89 bits per heavy atom. The Morgan fingerprint density at radius 1 is 1.21 bits per heavy atom. The van der Waals surface area contributed by atoms with Gasteiger partial charge in [-0.2, -0.15) is 0 Å². The number of imidazole rings is 1. The molecule has 2 heterocycles. The summed E-state index contributed by atoms with van der Waals surface area (Å²) in [5.41, 5.74) is 10.5. The third-order valence-corrected chi connectivity index (χ3v) is 5.74. The van der Waals surface area contributed by atoms with Gasteiger partial charge in [-0.05, 0) is 75.9 Å². The maximum absolute atomic E-state index is 5.76. The Hall–Kier alpha value is -1.95. The van der Waals surface area contributed by atoms with E-state index in [9.17, 15) is 0 Å². The SMILES string of the molecule is C[C@@H](c1nc2ccccc2[nH]1)N(CCCCN)C1CCCc2cccnc21.Cl. The molecule has 3 N–H and O–H groups in total. The summed E-state index contributed by atoms with van der Waals surface area (Å²) in [5.74, 6) is 1.03. The highest BCUT2D eigenvalue weighted by Gasteiger charge is 2.31. The van der Waals surface area contributed by atoms with Crippen LogP contribution in [0.25, 0.3) is 11.0 Å². The Labute approximate surface area is 173 Å². The first-order chi connectivity index (χ1) is 13.3. The molecule has 0 radical (unpaired) electrons. The fourth-order valence-electron chi connectivity index (χ4n) is 4.29. The molecule has 0 saturated carbocycles. The second-order valence-corrected chi connectivity index (χ2v) is 7.50. The van der Waals surface area contributed by atoms with Crippen molar-refractivity contribution >= 4 is 23.4 Å². The maximum atomic E-state index is 5.76. The first kappa shape index (κ1) is 20.8. The summed E-state index contributed by atoms with van der Waals surface area (Å²) in [6.45, 7) is 4.01. The molecule has 150 valence electrons. The smallest absolute Gasteiger partial charge is 0.124 e. The molecule has 0 aliphatic heterocycles. The van der Waals surface area contributed by atoms with Crippen molar-refractivity contribution in [3.05, 3.63) is 59.7 Å². The fourth-order valence-corrected chi connectivity index (χ4v) is 4.29. The van der Waals surface area contributed by atoms with E-state index >= 15 is 0 Å². The molecule has 0 saturated heterocycles. The van der Waals surface area contributed by atoms with E-state index in [0.29, 0.717) is 6.04 Å². The maximum Gasteiger partial charge on any atom is 0.124 e. The monoisotopic (exact) mass is 399 g/mol. The van der Waals surface area contributed by atoms with Gasteiger partial charge < -0.3 is 10.7 Å². The molecular weight excluding hydrogens is 370 g/mol. The summed E-state index contributed by atoms with van der Waals surface area (Å²) in [7, 11) is 0. The number of halogens is 1. The molecule has 1 unspecified atom stereocenters. The average molecular weight is 400 g/mol. The number of nitrogens with zero attached hydrogens (tertiary/aromatic N) is 3. The summed E-state index contributed by atoms with van der Waals surface area (Å²) < 4.78 is 0. The third-order valence-electron chi connectivity index (χ3n) is 5.74. The summed E-state index contributed by atoms with van der Waals surface area (Å²) in [6.07, 6.45) is 7.57. The van der Waals surface area contributed by atoms with Crippen molar-refractivity contribution in [2.24, 2.45) is 5.73 Å². The van der Waals surface area contributed by atoms with Gasteiger partial charge in [0.05, 0.1) is 28.8 Å². The normalized spacial score (nSPS) is 17.3. The second kappa shape index (κ2) is 9.50. The number of rotatable bonds is 7. The van der Waals surface area contributed by atoms with E-state index in [0.717, 1.165) is 55.6 Å². The molecule has 6 heteroatoms. The molecule has 1 aliphatic rings. The fraction of sp³-hybridized carbons (Fsp3) is 0.455. The molecule has 5 nitrogen and oxygen atoms in total. The van der Waals surface area contributed by atoms with Crippen molar-refractivity contribution in [2.45, 2.75) is 51.1 Å². The number of fused-ring (bicyclic) bond motifs is 2. The van der Waals surface area contributed by atoms with Crippen LogP contribution in [0.4, 0.5) is 0 Å². The van der Waals surface area contributed by atoms with Crippen LogP contribution < -0.4 is 5.73 Å². The highest BCUT2D eigenvalue weighted by atomic mass is 35.5. The lowest BCUT2D eigenvalue weighted by Gasteiger charge is -2.38. The van der Waals surface area contributed by atoms with Gasteiger partial charge >= 0.3 is 0 Å². The van der Waals surface area contributed by atoms with Gasteiger partial charge in [-0.25, -0.2) is 4.98 Å². The number of para-hydroxylation sites is 2. The van der Waals surface area contributed by atoms with E-state index in [1.807, 2.05) is 12.3 Å². The van der Waals surface area contributed by atoms with Crippen molar-refractivity contribution in [1.29, 1.82) is 0 Å². The van der Waals surface area contributed by atoms with E-state index in [1.165, 1.54) is 17.7 Å². The molecule has 0 bridgehead atoms. The molecule has 0 fully saturated rings. The first-order valence-electron chi connectivity index (χ1n) is 10.1.